The zero-order valence-electron chi connectivity index (χ0n) is 20.2. The van der Waals surface area contributed by atoms with Crippen LogP contribution in [0.5, 0.6) is 0 Å². The first-order valence-electron chi connectivity index (χ1n) is 11.9. The molecule has 0 aliphatic carbocycles. The van der Waals surface area contributed by atoms with Gasteiger partial charge in [0.2, 0.25) is 5.91 Å². The number of hydrogen-bond acceptors (Lipinski definition) is 2. The quantitative estimate of drug-likeness (QED) is 0.504. The number of amides is 2. The lowest BCUT2D eigenvalue weighted by Gasteiger charge is -2.39. The van der Waals surface area contributed by atoms with Crippen LogP contribution in [0.2, 0.25) is 0 Å². The summed E-state index contributed by atoms with van der Waals surface area (Å²) in [4.78, 5) is 30.3. The largest absolute Gasteiger partial charge is 0.348 e. The molecule has 3 aromatic rings. The van der Waals surface area contributed by atoms with E-state index in [0.29, 0.717) is 24.6 Å². The van der Waals surface area contributed by atoms with Gasteiger partial charge in [0.1, 0.15) is 12.4 Å². The van der Waals surface area contributed by atoms with Crippen molar-refractivity contribution in [2.75, 3.05) is 13.1 Å². The Morgan fingerprint density at radius 2 is 1.65 bits per heavy atom. The second kappa shape index (κ2) is 9.84. The summed E-state index contributed by atoms with van der Waals surface area (Å²) in [6, 6.07) is 17.6. The van der Waals surface area contributed by atoms with Crippen molar-refractivity contribution in [1.29, 1.82) is 0 Å². The summed E-state index contributed by atoms with van der Waals surface area (Å²) in [7, 11) is 0. The summed E-state index contributed by atoms with van der Waals surface area (Å²) in [6.07, 6.45) is 2.05. The van der Waals surface area contributed by atoms with E-state index in [4.69, 9.17) is 0 Å². The molecule has 34 heavy (non-hydrogen) atoms. The van der Waals surface area contributed by atoms with Crippen molar-refractivity contribution < 1.29 is 14.0 Å². The van der Waals surface area contributed by atoms with E-state index in [1.807, 2.05) is 31.0 Å². The third kappa shape index (κ3) is 4.76. The zero-order valence-corrected chi connectivity index (χ0v) is 20.2. The Bertz CT molecular complexity index is 1150. The maximum Gasteiger partial charge on any atom is 0.254 e. The Labute approximate surface area is 200 Å². The van der Waals surface area contributed by atoms with E-state index in [2.05, 4.69) is 48.7 Å². The van der Waals surface area contributed by atoms with Crippen molar-refractivity contribution in [2.45, 2.75) is 52.2 Å². The molecule has 0 N–H and O–H groups in total. The Morgan fingerprint density at radius 1 is 0.971 bits per heavy atom. The molecule has 0 saturated carbocycles. The molecule has 0 radical (unpaired) electrons. The molecule has 0 fully saturated rings. The molecule has 2 aromatic carbocycles. The fourth-order valence-electron chi connectivity index (χ4n) is 4.55. The van der Waals surface area contributed by atoms with E-state index in [1.54, 1.807) is 4.90 Å². The lowest BCUT2D eigenvalue weighted by Crippen LogP contribution is -2.49. The molecular weight excluding hydrogens is 429 g/mol. The average Bonchev–Trinajstić information content (AvgIpc) is 3.30. The molecule has 4 rings (SSSR count). The maximum absolute atomic E-state index is 13.7. The highest BCUT2D eigenvalue weighted by Crippen LogP contribution is 2.33. The Morgan fingerprint density at radius 3 is 2.26 bits per heavy atom. The zero-order chi connectivity index (χ0) is 24.4. The van der Waals surface area contributed by atoms with Crippen LogP contribution >= 0.6 is 0 Å². The average molecular weight is 462 g/mol. The van der Waals surface area contributed by atoms with Crippen molar-refractivity contribution in [3.63, 3.8) is 0 Å². The highest BCUT2D eigenvalue weighted by Gasteiger charge is 2.34. The minimum Gasteiger partial charge on any atom is -0.348 e. The van der Waals surface area contributed by atoms with Gasteiger partial charge in [-0.15, -0.1) is 0 Å². The third-order valence-electron chi connectivity index (χ3n) is 6.56. The fourth-order valence-corrected chi connectivity index (χ4v) is 4.55. The highest BCUT2D eigenvalue weighted by molar-refractivity contribution is 5.96. The van der Waals surface area contributed by atoms with E-state index >= 15 is 0 Å². The minimum absolute atomic E-state index is 0.0326. The number of rotatable bonds is 6. The number of aromatic nitrogens is 1. The number of carbonyl (C=O) groups excluding carboxylic acids is 2. The van der Waals surface area contributed by atoms with Gasteiger partial charge in [0, 0.05) is 36.6 Å². The van der Waals surface area contributed by atoms with Crippen LogP contribution in [0, 0.1) is 5.82 Å². The van der Waals surface area contributed by atoms with Crippen LogP contribution < -0.4 is 0 Å². The molecule has 2 amide bonds. The SMILES string of the molecule is CC(C)c1ccc(C2c3cccn3CCN2C(=O)CN(C(=O)c2ccc(F)cc2)C(C)C)cc1. The maximum atomic E-state index is 13.7. The third-order valence-corrected chi connectivity index (χ3v) is 6.56. The first kappa shape index (κ1) is 23.7. The Hall–Kier alpha value is -3.41. The number of hydrogen-bond donors (Lipinski definition) is 0. The lowest BCUT2D eigenvalue weighted by molar-refractivity contribution is -0.135. The molecule has 2 heterocycles. The van der Waals surface area contributed by atoms with E-state index in [9.17, 15) is 14.0 Å². The van der Waals surface area contributed by atoms with Gasteiger partial charge in [0.25, 0.3) is 5.91 Å². The van der Waals surface area contributed by atoms with E-state index in [0.717, 1.165) is 11.3 Å². The topological polar surface area (TPSA) is 45.6 Å². The monoisotopic (exact) mass is 461 g/mol. The standard InChI is InChI=1S/C28H32FN3O2/c1-19(2)21-7-9-22(10-8-21)27-25-6-5-15-30(25)16-17-31(27)26(33)18-32(20(3)4)28(34)23-11-13-24(29)14-12-23/h5-15,19-20,27H,16-18H2,1-4H3. The molecular formula is C28H32FN3O2. The normalized spacial score (nSPS) is 15.5. The molecule has 0 spiro atoms. The van der Waals surface area contributed by atoms with Gasteiger partial charge in [0.05, 0.1) is 6.04 Å². The van der Waals surface area contributed by atoms with Crippen LogP contribution in [0.4, 0.5) is 4.39 Å². The fraction of sp³-hybridized carbons (Fsp3) is 0.357. The van der Waals surface area contributed by atoms with Crippen LogP contribution in [0.25, 0.3) is 0 Å². The molecule has 0 saturated heterocycles. The summed E-state index contributed by atoms with van der Waals surface area (Å²) in [5, 5.41) is 0. The predicted molar refractivity (Wildman–Crippen MR) is 131 cm³/mol. The summed E-state index contributed by atoms with van der Waals surface area (Å²) in [5.41, 5.74) is 3.75. The summed E-state index contributed by atoms with van der Waals surface area (Å²) in [6.45, 7) is 9.34. The van der Waals surface area contributed by atoms with Crippen molar-refractivity contribution in [2.24, 2.45) is 0 Å². The van der Waals surface area contributed by atoms with Gasteiger partial charge in [-0.25, -0.2) is 4.39 Å². The lowest BCUT2D eigenvalue weighted by atomic mass is 9.95. The van der Waals surface area contributed by atoms with Crippen LogP contribution in [0.15, 0.2) is 66.9 Å². The van der Waals surface area contributed by atoms with Crippen molar-refractivity contribution >= 4 is 11.8 Å². The van der Waals surface area contributed by atoms with Gasteiger partial charge >= 0.3 is 0 Å². The van der Waals surface area contributed by atoms with Crippen LogP contribution in [-0.4, -0.2) is 45.3 Å². The summed E-state index contributed by atoms with van der Waals surface area (Å²) >= 11 is 0. The smallest absolute Gasteiger partial charge is 0.254 e. The van der Waals surface area contributed by atoms with Crippen LogP contribution in [0.1, 0.15) is 66.8 Å². The predicted octanol–water partition coefficient (Wildman–Crippen LogP) is 5.23. The van der Waals surface area contributed by atoms with E-state index < -0.39 is 5.82 Å². The van der Waals surface area contributed by atoms with Crippen LogP contribution in [0.3, 0.4) is 0 Å². The van der Waals surface area contributed by atoms with Crippen LogP contribution in [-0.2, 0) is 11.3 Å². The highest BCUT2D eigenvalue weighted by atomic mass is 19.1. The molecule has 5 nitrogen and oxygen atoms in total. The molecule has 1 aromatic heterocycles. The summed E-state index contributed by atoms with van der Waals surface area (Å²) < 4.78 is 15.5. The van der Waals surface area contributed by atoms with Crippen molar-refractivity contribution in [1.82, 2.24) is 14.4 Å². The van der Waals surface area contributed by atoms with Gasteiger partial charge in [-0.2, -0.15) is 0 Å². The van der Waals surface area contributed by atoms with Gasteiger partial charge in [-0.1, -0.05) is 38.1 Å². The second-order valence-electron chi connectivity index (χ2n) is 9.47. The minimum atomic E-state index is -0.397. The number of benzene rings is 2. The van der Waals surface area contributed by atoms with Gasteiger partial charge in [-0.05, 0) is 67.3 Å². The number of halogens is 1. The Balaban J connectivity index is 1.62. The number of nitrogens with zero attached hydrogens (tertiary/aromatic N) is 3. The number of fused-ring (bicyclic) bond motifs is 1. The first-order chi connectivity index (χ1) is 16.3. The van der Waals surface area contributed by atoms with E-state index in [1.165, 1.54) is 29.8 Å². The molecule has 0 bridgehead atoms. The Kier molecular flexibility index (Phi) is 6.87. The summed E-state index contributed by atoms with van der Waals surface area (Å²) in [5.74, 6) is -0.346. The van der Waals surface area contributed by atoms with Gasteiger partial charge in [-0.3, -0.25) is 9.59 Å². The molecule has 1 aliphatic heterocycles. The van der Waals surface area contributed by atoms with Gasteiger partial charge < -0.3 is 14.4 Å². The second-order valence-corrected chi connectivity index (χ2v) is 9.47. The first-order valence-corrected chi connectivity index (χ1v) is 11.9. The van der Waals surface area contributed by atoms with Crippen molar-refractivity contribution in [3.05, 3.63) is 95.1 Å². The van der Waals surface area contributed by atoms with Crippen molar-refractivity contribution in [3.8, 4) is 0 Å². The van der Waals surface area contributed by atoms with Gasteiger partial charge in [0.15, 0.2) is 0 Å². The molecule has 1 unspecified atom stereocenters. The molecule has 178 valence electrons. The molecule has 6 heteroatoms. The number of carbonyl (C=O) groups is 2. The molecule has 1 atom stereocenters. The molecule has 1 aliphatic rings. The van der Waals surface area contributed by atoms with E-state index in [-0.39, 0.29) is 30.4 Å².